The van der Waals surface area contributed by atoms with Gasteiger partial charge in [-0.15, -0.1) is 0 Å². The summed E-state index contributed by atoms with van der Waals surface area (Å²) in [6, 6.07) is 19.5. The van der Waals surface area contributed by atoms with Gasteiger partial charge in [-0.3, -0.25) is 4.79 Å². The molecule has 3 aromatic rings. The quantitative estimate of drug-likeness (QED) is 0.720. The Morgan fingerprint density at radius 1 is 1.05 bits per heavy atom. The molecule has 0 spiro atoms. The zero-order valence-electron chi connectivity index (χ0n) is 12.0. The molecule has 0 unspecified atom stereocenters. The predicted octanol–water partition coefficient (Wildman–Crippen LogP) is 4.10. The number of amides is 1. The first-order valence-corrected chi connectivity index (χ1v) is 7.09. The van der Waals surface area contributed by atoms with Crippen molar-refractivity contribution in [2.45, 2.75) is 13.5 Å². The Labute approximate surface area is 123 Å². The van der Waals surface area contributed by atoms with Crippen molar-refractivity contribution in [1.82, 2.24) is 4.90 Å². The van der Waals surface area contributed by atoms with Gasteiger partial charge in [-0.05, 0) is 24.6 Å². The summed E-state index contributed by atoms with van der Waals surface area (Å²) in [4.78, 5) is 14.4. The van der Waals surface area contributed by atoms with Crippen LogP contribution in [0.4, 0.5) is 0 Å². The molecule has 3 rings (SSSR count). The standard InChI is InChI=1S/C18H17NO2/c1-2-19(13-14-8-4-3-5-9-14)18(20)17-12-15-10-6-7-11-16(15)21-17/h3-12H,2,13H2,1H3. The molecule has 0 atom stereocenters. The lowest BCUT2D eigenvalue weighted by atomic mass is 10.2. The van der Waals surface area contributed by atoms with Crippen molar-refractivity contribution in [2.75, 3.05) is 6.54 Å². The molecule has 0 saturated carbocycles. The largest absolute Gasteiger partial charge is 0.451 e. The van der Waals surface area contributed by atoms with Crippen LogP contribution in [0.1, 0.15) is 23.0 Å². The third-order valence-corrected chi connectivity index (χ3v) is 3.52. The number of fused-ring (bicyclic) bond motifs is 1. The predicted molar refractivity (Wildman–Crippen MR) is 83.1 cm³/mol. The molecule has 1 amide bonds. The molecule has 2 aromatic carbocycles. The van der Waals surface area contributed by atoms with E-state index < -0.39 is 0 Å². The molecule has 0 saturated heterocycles. The number of furan rings is 1. The Kier molecular flexibility index (Phi) is 3.73. The van der Waals surface area contributed by atoms with Crippen LogP contribution >= 0.6 is 0 Å². The van der Waals surface area contributed by atoms with E-state index in [2.05, 4.69) is 0 Å². The number of para-hydroxylation sites is 1. The maximum absolute atomic E-state index is 12.6. The van der Waals surface area contributed by atoms with Crippen molar-refractivity contribution >= 4 is 16.9 Å². The number of benzene rings is 2. The van der Waals surface area contributed by atoms with Gasteiger partial charge in [0.05, 0.1) is 0 Å². The number of hydrogen-bond acceptors (Lipinski definition) is 2. The van der Waals surface area contributed by atoms with Gasteiger partial charge >= 0.3 is 0 Å². The maximum Gasteiger partial charge on any atom is 0.289 e. The lowest BCUT2D eigenvalue weighted by Gasteiger charge is -2.19. The van der Waals surface area contributed by atoms with E-state index >= 15 is 0 Å². The van der Waals surface area contributed by atoms with E-state index in [1.807, 2.05) is 67.6 Å². The van der Waals surface area contributed by atoms with Gasteiger partial charge < -0.3 is 9.32 Å². The Bertz CT molecular complexity index is 713. The van der Waals surface area contributed by atoms with Crippen LogP contribution in [0, 0.1) is 0 Å². The van der Waals surface area contributed by atoms with E-state index in [0.29, 0.717) is 18.8 Å². The van der Waals surface area contributed by atoms with Crippen LogP contribution in [0.3, 0.4) is 0 Å². The molecule has 21 heavy (non-hydrogen) atoms. The number of rotatable bonds is 4. The van der Waals surface area contributed by atoms with E-state index in [1.165, 1.54) is 0 Å². The third kappa shape index (κ3) is 2.82. The van der Waals surface area contributed by atoms with E-state index in [1.54, 1.807) is 4.90 Å². The lowest BCUT2D eigenvalue weighted by molar-refractivity contribution is 0.0723. The Morgan fingerprint density at radius 2 is 1.76 bits per heavy atom. The van der Waals surface area contributed by atoms with Crippen LogP contribution in [0.15, 0.2) is 65.1 Å². The summed E-state index contributed by atoms with van der Waals surface area (Å²) < 4.78 is 5.66. The summed E-state index contributed by atoms with van der Waals surface area (Å²) in [5.41, 5.74) is 1.86. The number of carbonyl (C=O) groups is 1. The molecule has 106 valence electrons. The minimum atomic E-state index is -0.0717. The van der Waals surface area contributed by atoms with Crippen molar-refractivity contribution in [3.05, 3.63) is 72.0 Å². The molecule has 0 radical (unpaired) electrons. The van der Waals surface area contributed by atoms with E-state index in [4.69, 9.17) is 4.42 Å². The van der Waals surface area contributed by atoms with Crippen molar-refractivity contribution in [2.24, 2.45) is 0 Å². The number of hydrogen-bond donors (Lipinski definition) is 0. The van der Waals surface area contributed by atoms with Gasteiger partial charge in [-0.1, -0.05) is 48.5 Å². The Morgan fingerprint density at radius 3 is 2.48 bits per heavy atom. The summed E-state index contributed by atoms with van der Waals surface area (Å²) in [5.74, 6) is 0.325. The van der Waals surface area contributed by atoms with Crippen LogP contribution in [0.5, 0.6) is 0 Å². The van der Waals surface area contributed by atoms with Crippen LogP contribution in [-0.2, 0) is 6.54 Å². The van der Waals surface area contributed by atoms with Gasteiger partial charge in [0.15, 0.2) is 5.76 Å². The smallest absolute Gasteiger partial charge is 0.289 e. The van der Waals surface area contributed by atoms with Gasteiger partial charge in [0.1, 0.15) is 5.58 Å². The topological polar surface area (TPSA) is 33.5 Å². The van der Waals surface area contributed by atoms with Gasteiger partial charge in [0.25, 0.3) is 5.91 Å². The fourth-order valence-corrected chi connectivity index (χ4v) is 2.37. The molecule has 0 fully saturated rings. The molecule has 3 heteroatoms. The second kappa shape index (κ2) is 5.83. The minimum absolute atomic E-state index is 0.0717. The highest BCUT2D eigenvalue weighted by atomic mass is 16.3. The molecule has 1 heterocycles. The summed E-state index contributed by atoms with van der Waals surface area (Å²) in [6.07, 6.45) is 0. The summed E-state index contributed by atoms with van der Waals surface area (Å²) in [6.45, 7) is 3.21. The van der Waals surface area contributed by atoms with E-state index in [9.17, 15) is 4.79 Å². The summed E-state index contributed by atoms with van der Waals surface area (Å²) in [7, 11) is 0. The zero-order chi connectivity index (χ0) is 14.7. The van der Waals surface area contributed by atoms with Crippen LogP contribution < -0.4 is 0 Å². The van der Waals surface area contributed by atoms with Gasteiger partial charge in [0.2, 0.25) is 0 Å². The average molecular weight is 279 g/mol. The first-order valence-electron chi connectivity index (χ1n) is 7.09. The molecule has 0 aliphatic rings. The van der Waals surface area contributed by atoms with E-state index in [-0.39, 0.29) is 5.91 Å². The first kappa shape index (κ1) is 13.4. The van der Waals surface area contributed by atoms with Gasteiger partial charge in [0, 0.05) is 18.5 Å². The fourth-order valence-electron chi connectivity index (χ4n) is 2.37. The molecule has 0 N–H and O–H groups in total. The number of nitrogens with zero attached hydrogens (tertiary/aromatic N) is 1. The van der Waals surface area contributed by atoms with Gasteiger partial charge in [-0.2, -0.15) is 0 Å². The average Bonchev–Trinajstić information content (AvgIpc) is 2.97. The van der Waals surface area contributed by atoms with Crippen LogP contribution in [0.25, 0.3) is 11.0 Å². The zero-order valence-corrected chi connectivity index (χ0v) is 12.0. The first-order chi connectivity index (χ1) is 10.3. The number of carbonyl (C=O) groups excluding carboxylic acids is 1. The summed E-state index contributed by atoms with van der Waals surface area (Å²) >= 11 is 0. The second-order valence-corrected chi connectivity index (χ2v) is 4.95. The highest BCUT2D eigenvalue weighted by Crippen LogP contribution is 2.20. The monoisotopic (exact) mass is 279 g/mol. The van der Waals surface area contributed by atoms with Crippen molar-refractivity contribution in [1.29, 1.82) is 0 Å². The van der Waals surface area contributed by atoms with Crippen LogP contribution in [0.2, 0.25) is 0 Å². The lowest BCUT2D eigenvalue weighted by Crippen LogP contribution is -2.29. The highest BCUT2D eigenvalue weighted by molar-refractivity contribution is 5.96. The normalized spacial score (nSPS) is 10.7. The molecular formula is C18H17NO2. The van der Waals surface area contributed by atoms with Crippen molar-refractivity contribution in [3.8, 4) is 0 Å². The summed E-state index contributed by atoms with van der Waals surface area (Å²) in [5, 5.41) is 0.955. The molecule has 0 aliphatic heterocycles. The van der Waals surface area contributed by atoms with Gasteiger partial charge in [-0.25, -0.2) is 0 Å². The fraction of sp³-hybridized carbons (Fsp3) is 0.167. The second-order valence-electron chi connectivity index (χ2n) is 4.95. The molecule has 3 nitrogen and oxygen atoms in total. The van der Waals surface area contributed by atoms with Crippen molar-refractivity contribution in [3.63, 3.8) is 0 Å². The molecule has 0 aliphatic carbocycles. The van der Waals surface area contributed by atoms with Crippen molar-refractivity contribution < 1.29 is 9.21 Å². The SMILES string of the molecule is CCN(Cc1ccccc1)C(=O)c1cc2ccccc2o1. The van der Waals surface area contributed by atoms with E-state index in [0.717, 1.165) is 16.5 Å². The maximum atomic E-state index is 12.6. The molecule has 0 bridgehead atoms. The Hall–Kier alpha value is -2.55. The Balaban J connectivity index is 1.84. The molecular weight excluding hydrogens is 262 g/mol. The third-order valence-electron chi connectivity index (χ3n) is 3.52. The highest BCUT2D eigenvalue weighted by Gasteiger charge is 2.18. The van der Waals surface area contributed by atoms with Crippen LogP contribution in [-0.4, -0.2) is 17.4 Å². The minimum Gasteiger partial charge on any atom is -0.451 e. The molecule has 1 aromatic heterocycles.